The van der Waals surface area contributed by atoms with Gasteiger partial charge in [0, 0.05) is 12.8 Å². The molecule has 0 aromatic rings. The van der Waals surface area contributed by atoms with Crippen LogP contribution in [-0.2, 0) is 19.4 Å². The van der Waals surface area contributed by atoms with Gasteiger partial charge in [0.2, 0.25) is 0 Å². The number of carbonyl (C=O) groups is 2. The molecule has 0 spiro atoms. The molecule has 8 heteroatoms. The van der Waals surface area contributed by atoms with Gasteiger partial charge in [0.1, 0.15) is 16.4 Å². The summed E-state index contributed by atoms with van der Waals surface area (Å²) in [6, 6.07) is -0.600. The summed E-state index contributed by atoms with van der Waals surface area (Å²) in [5.74, 6) is -0.680. The molecule has 0 aliphatic rings. The zero-order valence-electron chi connectivity index (χ0n) is 9.28. The highest BCUT2D eigenvalue weighted by Gasteiger charge is 2.06. The van der Waals surface area contributed by atoms with Gasteiger partial charge < -0.3 is 15.4 Å². The Morgan fingerprint density at radius 2 is 1.88 bits per heavy atom. The molecule has 0 radical (unpaired) electrons. The second kappa shape index (κ2) is 7.04. The fourth-order valence-electron chi connectivity index (χ4n) is 0.777. The van der Waals surface area contributed by atoms with Gasteiger partial charge in [0.25, 0.3) is 0 Å². The predicted octanol–water partition coefficient (Wildman–Crippen LogP) is -1.11. The van der Waals surface area contributed by atoms with Crippen LogP contribution in [0.3, 0.4) is 0 Å². The minimum Gasteiger partial charge on any atom is -0.465 e. The van der Waals surface area contributed by atoms with E-state index >= 15 is 0 Å². The average Bonchev–Trinajstić information content (AvgIpc) is 2.13. The lowest BCUT2D eigenvalue weighted by Gasteiger charge is -2.06. The van der Waals surface area contributed by atoms with Gasteiger partial charge in [-0.2, -0.15) is 0 Å². The van der Waals surface area contributed by atoms with Crippen LogP contribution in [-0.4, -0.2) is 52.1 Å². The van der Waals surface area contributed by atoms with Crippen LogP contribution in [0.5, 0.6) is 0 Å². The molecule has 2 amide bonds. The molecule has 0 rings (SSSR count). The number of urea groups is 1. The highest BCUT2D eigenvalue weighted by Crippen LogP contribution is 1.80. The molecule has 7 nitrogen and oxygen atoms in total. The number of rotatable bonds is 6. The van der Waals surface area contributed by atoms with E-state index in [1.807, 2.05) is 0 Å². The third kappa shape index (κ3) is 9.25. The van der Waals surface area contributed by atoms with Gasteiger partial charge >= 0.3 is 12.0 Å². The summed E-state index contributed by atoms with van der Waals surface area (Å²) in [6.07, 6.45) is 1.07. The van der Waals surface area contributed by atoms with Crippen LogP contribution in [0.2, 0.25) is 0 Å². The van der Waals surface area contributed by atoms with Crippen molar-refractivity contribution in [2.75, 3.05) is 31.7 Å². The minimum atomic E-state index is -3.09. The quantitative estimate of drug-likeness (QED) is 0.584. The van der Waals surface area contributed by atoms with E-state index in [-0.39, 0.29) is 25.4 Å². The van der Waals surface area contributed by atoms with E-state index in [0.29, 0.717) is 0 Å². The van der Waals surface area contributed by atoms with Crippen LogP contribution in [0.4, 0.5) is 4.79 Å². The van der Waals surface area contributed by atoms with E-state index in [1.54, 1.807) is 6.92 Å². The van der Waals surface area contributed by atoms with Crippen molar-refractivity contribution in [2.24, 2.45) is 0 Å². The van der Waals surface area contributed by atoms with Crippen molar-refractivity contribution in [3.63, 3.8) is 0 Å². The standard InChI is InChI=1S/C8H16N2O5S/c1-3-15-7(11)6-10-8(12)9-4-5-16(2,13)14/h3-6H2,1-2H3,(H2,9,10,12). The molecule has 0 unspecified atom stereocenters. The van der Waals surface area contributed by atoms with Crippen molar-refractivity contribution in [1.82, 2.24) is 10.6 Å². The van der Waals surface area contributed by atoms with Crippen molar-refractivity contribution >= 4 is 21.8 Å². The molecule has 16 heavy (non-hydrogen) atoms. The fourth-order valence-corrected chi connectivity index (χ4v) is 1.25. The van der Waals surface area contributed by atoms with E-state index in [9.17, 15) is 18.0 Å². The van der Waals surface area contributed by atoms with Crippen molar-refractivity contribution < 1.29 is 22.7 Å². The number of esters is 1. The van der Waals surface area contributed by atoms with Crippen LogP contribution in [0.15, 0.2) is 0 Å². The van der Waals surface area contributed by atoms with Crippen molar-refractivity contribution in [3.8, 4) is 0 Å². The molecule has 0 bridgehead atoms. The predicted molar refractivity (Wildman–Crippen MR) is 57.7 cm³/mol. The first-order valence-electron chi connectivity index (χ1n) is 4.70. The minimum absolute atomic E-state index is 0.00743. The van der Waals surface area contributed by atoms with Gasteiger partial charge in [-0.05, 0) is 6.92 Å². The maximum Gasteiger partial charge on any atom is 0.325 e. The summed E-state index contributed by atoms with van der Waals surface area (Å²) in [7, 11) is -3.09. The zero-order valence-corrected chi connectivity index (χ0v) is 10.1. The Labute approximate surface area is 94.5 Å². The third-order valence-corrected chi connectivity index (χ3v) is 2.40. The summed E-state index contributed by atoms with van der Waals surface area (Å²) in [5.41, 5.74) is 0. The van der Waals surface area contributed by atoms with Gasteiger partial charge in [0.15, 0.2) is 0 Å². The van der Waals surface area contributed by atoms with Crippen LogP contribution < -0.4 is 10.6 Å². The lowest BCUT2D eigenvalue weighted by Crippen LogP contribution is -2.40. The van der Waals surface area contributed by atoms with E-state index in [2.05, 4.69) is 15.4 Å². The molecule has 0 aromatic heterocycles. The van der Waals surface area contributed by atoms with Crippen LogP contribution in [0.25, 0.3) is 0 Å². The van der Waals surface area contributed by atoms with E-state index in [1.165, 1.54) is 0 Å². The third-order valence-electron chi connectivity index (χ3n) is 1.46. The van der Waals surface area contributed by atoms with E-state index in [0.717, 1.165) is 6.26 Å². The Bertz CT molecular complexity index is 338. The fraction of sp³-hybridized carbons (Fsp3) is 0.750. The normalized spacial score (nSPS) is 10.6. The molecule has 0 atom stereocenters. The first-order valence-corrected chi connectivity index (χ1v) is 6.76. The van der Waals surface area contributed by atoms with Gasteiger partial charge in [-0.15, -0.1) is 0 Å². The summed E-state index contributed by atoms with van der Waals surface area (Å²) < 4.78 is 26.0. The Balaban J connectivity index is 3.64. The molecule has 0 aromatic carbocycles. The summed E-state index contributed by atoms with van der Waals surface area (Å²) >= 11 is 0. The van der Waals surface area contributed by atoms with Gasteiger partial charge in [-0.25, -0.2) is 13.2 Å². The number of sulfone groups is 1. The number of hydrogen-bond acceptors (Lipinski definition) is 5. The molecule has 2 N–H and O–H groups in total. The first kappa shape index (κ1) is 14.7. The molecular weight excluding hydrogens is 236 g/mol. The molecule has 0 aliphatic carbocycles. The SMILES string of the molecule is CCOC(=O)CNC(=O)NCCS(C)(=O)=O. The van der Waals surface area contributed by atoms with Gasteiger partial charge in [-0.3, -0.25) is 4.79 Å². The monoisotopic (exact) mass is 252 g/mol. The van der Waals surface area contributed by atoms with Crippen LogP contribution >= 0.6 is 0 Å². The number of amides is 2. The zero-order chi connectivity index (χ0) is 12.6. The first-order chi connectivity index (χ1) is 7.35. The van der Waals surface area contributed by atoms with E-state index in [4.69, 9.17) is 0 Å². The number of carbonyl (C=O) groups excluding carboxylic acids is 2. The molecule has 0 fully saturated rings. The lowest BCUT2D eigenvalue weighted by atomic mass is 10.6. The number of nitrogens with one attached hydrogen (secondary N) is 2. The smallest absolute Gasteiger partial charge is 0.325 e. The lowest BCUT2D eigenvalue weighted by molar-refractivity contribution is -0.141. The molecule has 0 heterocycles. The molecule has 0 saturated carbocycles. The Morgan fingerprint density at radius 1 is 1.25 bits per heavy atom. The van der Waals surface area contributed by atoms with Crippen molar-refractivity contribution in [2.45, 2.75) is 6.92 Å². The highest BCUT2D eigenvalue weighted by molar-refractivity contribution is 7.90. The van der Waals surface area contributed by atoms with Gasteiger partial charge in [-0.1, -0.05) is 0 Å². The summed E-state index contributed by atoms with van der Waals surface area (Å²) in [4.78, 5) is 21.8. The van der Waals surface area contributed by atoms with Crippen molar-refractivity contribution in [3.05, 3.63) is 0 Å². The second-order valence-electron chi connectivity index (χ2n) is 3.04. The highest BCUT2D eigenvalue weighted by atomic mass is 32.2. The Morgan fingerprint density at radius 3 is 2.38 bits per heavy atom. The average molecular weight is 252 g/mol. The number of ether oxygens (including phenoxy) is 1. The Kier molecular flexibility index (Phi) is 6.47. The largest absolute Gasteiger partial charge is 0.465 e. The summed E-state index contributed by atoms with van der Waals surface area (Å²) in [6.45, 7) is 1.67. The summed E-state index contributed by atoms with van der Waals surface area (Å²) in [5, 5.41) is 4.53. The molecule has 94 valence electrons. The van der Waals surface area contributed by atoms with Crippen molar-refractivity contribution in [1.29, 1.82) is 0 Å². The maximum absolute atomic E-state index is 11.0. The maximum atomic E-state index is 11.0. The molecule has 0 aliphatic heterocycles. The second-order valence-corrected chi connectivity index (χ2v) is 5.30. The van der Waals surface area contributed by atoms with Crippen LogP contribution in [0, 0.1) is 0 Å². The Hall–Kier alpha value is -1.31. The number of hydrogen-bond donors (Lipinski definition) is 2. The van der Waals surface area contributed by atoms with Crippen LogP contribution in [0.1, 0.15) is 6.92 Å². The van der Waals surface area contributed by atoms with E-state index < -0.39 is 21.8 Å². The molecular formula is C8H16N2O5S. The van der Waals surface area contributed by atoms with Gasteiger partial charge in [0.05, 0.1) is 12.4 Å². The topological polar surface area (TPSA) is 102 Å². The molecule has 0 saturated heterocycles.